The van der Waals surface area contributed by atoms with Crippen LogP contribution in [-0.2, 0) is 9.59 Å². The maximum atomic E-state index is 12.2. The van der Waals surface area contributed by atoms with E-state index in [4.69, 9.17) is 14.2 Å². The van der Waals surface area contributed by atoms with E-state index in [0.29, 0.717) is 23.7 Å². The van der Waals surface area contributed by atoms with Crippen molar-refractivity contribution in [3.8, 4) is 17.2 Å². The summed E-state index contributed by atoms with van der Waals surface area (Å²) in [5, 5.41) is 5.26. The van der Waals surface area contributed by atoms with Crippen molar-refractivity contribution in [2.24, 2.45) is 0 Å². The zero-order chi connectivity index (χ0) is 23.6. The van der Waals surface area contributed by atoms with Gasteiger partial charge in [0.2, 0.25) is 0 Å². The first-order valence-corrected chi connectivity index (χ1v) is 11.0. The van der Waals surface area contributed by atoms with Crippen molar-refractivity contribution in [1.29, 1.82) is 0 Å². The van der Waals surface area contributed by atoms with Crippen LogP contribution in [0, 0.1) is 0 Å². The topological polar surface area (TPSA) is 92.4 Å². The fraction of sp³-hybridized carbons (Fsp3) is 0.417. The summed E-state index contributed by atoms with van der Waals surface area (Å²) in [4.78, 5) is 29.0. The average Bonchev–Trinajstić information content (AvgIpc) is 2.86. The van der Waals surface area contributed by atoms with E-state index in [1.807, 2.05) is 12.1 Å². The van der Waals surface area contributed by atoms with Gasteiger partial charge in [0.05, 0.1) is 21.3 Å². The molecule has 0 aliphatic carbocycles. The minimum absolute atomic E-state index is 0.441. The zero-order valence-corrected chi connectivity index (χ0v) is 19.4. The standard InChI is InChI=1S/C24H32N4O5/c1-31-20-8-6-19(7-9-20)28-15-13-27(14-16-28)12-4-11-25-23(29)24(30)26-18-5-10-21(32-2)22(17-18)33-3/h5-10,17H,4,11-16H2,1-3H3,(H,25,29)(H,26,30). The number of carbonyl (C=O) groups is 2. The highest BCUT2D eigenvalue weighted by molar-refractivity contribution is 6.39. The molecule has 2 aromatic rings. The first-order valence-electron chi connectivity index (χ1n) is 11.0. The first kappa shape index (κ1) is 24.2. The monoisotopic (exact) mass is 456 g/mol. The minimum Gasteiger partial charge on any atom is -0.497 e. The van der Waals surface area contributed by atoms with Crippen LogP contribution in [-0.4, -0.2) is 77.3 Å². The lowest BCUT2D eigenvalue weighted by atomic mass is 10.2. The number of anilines is 2. The molecule has 0 spiro atoms. The molecule has 0 unspecified atom stereocenters. The van der Waals surface area contributed by atoms with Crippen molar-refractivity contribution in [1.82, 2.24) is 10.2 Å². The van der Waals surface area contributed by atoms with Gasteiger partial charge >= 0.3 is 11.8 Å². The van der Waals surface area contributed by atoms with Crippen LogP contribution < -0.4 is 29.7 Å². The minimum atomic E-state index is -0.713. The largest absolute Gasteiger partial charge is 0.497 e. The molecule has 1 aliphatic rings. The third-order valence-corrected chi connectivity index (χ3v) is 5.59. The van der Waals surface area contributed by atoms with Crippen molar-refractivity contribution in [3.63, 3.8) is 0 Å². The summed E-state index contributed by atoms with van der Waals surface area (Å²) >= 11 is 0. The SMILES string of the molecule is COc1ccc(N2CCN(CCCNC(=O)C(=O)Nc3ccc(OC)c(OC)c3)CC2)cc1. The summed E-state index contributed by atoms with van der Waals surface area (Å²) in [6, 6.07) is 13.0. The number of nitrogens with one attached hydrogen (secondary N) is 2. The third-order valence-electron chi connectivity index (χ3n) is 5.59. The van der Waals surface area contributed by atoms with Gasteiger partial charge in [0.15, 0.2) is 11.5 Å². The maximum Gasteiger partial charge on any atom is 0.313 e. The lowest BCUT2D eigenvalue weighted by molar-refractivity contribution is -0.136. The van der Waals surface area contributed by atoms with Gasteiger partial charge in [-0.3, -0.25) is 14.5 Å². The van der Waals surface area contributed by atoms with Gasteiger partial charge in [0.1, 0.15) is 5.75 Å². The Bertz CT molecular complexity index is 927. The lowest BCUT2D eigenvalue weighted by Gasteiger charge is -2.36. The predicted octanol–water partition coefficient (Wildman–Crippen LogP) is 1.98. The second-order valence-corrected chi connectivity index (χ2v) is 7.66. The van der Waals surface area contributed by atoms with Crippen LogP contribution >= 0.6 is 0 Å². The first-order chi connectivity index (χ1) is 16.0. The number of hydrogen-bond donors (Lipinski definition) is 2. The quantitative estimate of drug-likeness (QED) is 0.440. The molecule has 1 heterocycles. The van der Waals surface area contributed by atoms with Crippen molar-refractivity contribution < 1.29 is 23.8 Å². The number of ether oxygens (including phenoxy) is 3. The van der Waals surface area contributed by atoms with Crippen LogP contribution in [0.4, 0.5) is 11.4 Å². The molecule has 178 valence electrons. The van der Waals surface area contributed by atoms with E-state index in [2.05, 4.69) is 32.6 Å². The van der Waals surface area contributed by atoms with Gasteiger partial charge in [-0.2, -0.15) is 0 Å². The molecule has 1 aliphatic heterocycles. The second kappa shape index (κ2) is 12.0. The number of nitrogens with zero attached hydrogens (tertiary/aromatic N) is 2. The van der Waals surface area contributed by atoms with Gasteiger partial charge in [-0.1, -0.05) is 0 Å². The molecular weight excluding hydrogens is 424 g/mol. The van der Waals surface area contributed by atoms with Gasteiger partial charge in [-0.25, -0.2) is 0 Å². The highest BCUT2D eigenvalue weighted by Gasteiger charge is 2.18. The van der Waals surface area contributed by atoms with Crippen LogP contribution in [0.5, 0.6) is 17.2 Å². The smallest absolute Gasteiger partial charge is 0.313 e. The molecular formula is C24H32N4O5. The van der Waals surface area contributed by atoms with Crippen molar-refractivity contribution in [3.05, 3.63) is 42.5 Å². The molecule has 1 fully saturated rings. The normalized spacial score (nSPS) is 13.8. The van der Waals surface area contributed by atoms with Crippen LogP contribution in [0.15, 0.2) is 42.5 Å². The Morgan fingerprint density at radius 3 is 2.18 bits per heavy atom. The van der Waals surface area contributed by atoms with E-state index in [1.54, 1.807) is 25.3 Å². The molecule has 0 aromatic heterocycles. The Labute approximate surface area is 194 Å². The molecule has 2 amide bonds. The molecule has 1 saturated heterocycles. The number of methoxy groups -OCH3 is 3. The highest BCUT2D eigenvalue weighted by atomic mass is 16.5. The Kier molecular flexibility index (Phi) is 8.77. The Morgan fingerprint density at radius 1 is 0.848 bits per heavy atom. The third kappa shape index (κ3) is 6.76. The molecule has 9 nitrogen and oxygen atoms in total. The molecule has 2 aromatic carbocycles. The summed E-state index contributed by atoms with van der Waals surface area (Å²) in [6.07, 6.45) is 0.776. The maximum absolute atomic E-state index is 12.2. The van der Waals surface area contributed by atoms with E-state index in [0.717, 1.165) is 44.9 Å². The van der Waals surface area contributed by atoms with Crippen LogP contribution in [0.25, 0.3) is 0 Å². The molecule has 0 atom stereocenters. The molecule has 2 N–H and O–H groups in total. The van der Waals surface area contributed by atoms with E-state index in [9.17, 15) is 9.59 Å². The Morgan fingerprint density at radius 2 is 1.55 bits per heavy atom. The van der Waals surface area contributed by atoms with Gasteiger partial charge in [0.25, 0.3) is 0 Å². The molecule has 3 rings (SSSR count). The zero-order valence-electron chi connectivity index (χ0n) is 19.4. The average molecular weight is 457 g/mol. The molecule has 0 saturated carbocycles. The van der Waals surface area contributed by atoms with E-state index in [-0.39, 0.29) is 0 Å². The summed E-state index contributed by atoms with van der Waals surface area (Å²) in [5.41, 5.74) is 1.66. The molecule has 9 heteroatoms. The van der Waals surface area contributed by atoms with E-state index >= 15 is 0 Å². The Balaban J connectivity index is 1.34. The number of hydrogen-bond acceptors (Lipinski definition) is 7. The van der Waals surface area contributed by atoms with Gasteiger partial charge in [-0.05, 0) is 49.4 Å². The molecule has 0 radical (unpaired) electrons. The number of carbonyl (C=O) groups excluding carboxylic acids is 2. The van der Waals surface area contributed by atoms with Crippen molar-refractivity contribution in [2.45, 2.75) is 6.42 Å². The predicted molar refractivity (Wildman–Crippen MR) is 127 cm³/mol. The van der Waals surface area contributed by atoms with Crippen LogP contribution in [0.3, 0.4) is 0 Å². The number of amides is 2. The van der Waals surface area contributed by atoms with Gasteiger partial charge in [-0.15, -0.1) is 0 Å². The fourth-order valence-corrected chi connectivity index (χ4v) is 3.71. The van der Waals surface area contributed by atoms with Crippen molar-refractivity contribution >= 4 is 23.2 Å². The number of benzene rings is 2. The van der Waals surface area contributed by atoms with Gasteiger partial charge in [0, 0.05) is 50.2 Å². The van der Waals surface area contributed by atoms with E-state index in [1.165, 1.54) is 19.9 Å². The summed E-state index contributed by atoms with van der Waals surface area (Å²) in [7, 11) is 4.71. The lowest BCUT2D eigenvalue weighted by Crippen LogP contribution is -2.47. The number of piperazine rings is 1. The second-order valence-electron chi connectivity index (χ2n) is 7.66. The molecule has 0 bridgehead atoms. The summed E-state index contributed by atoms with van der Waals surface area (Å²) in [5.74, 6) is 0.508. The van der Waals surface area contributed by atoms with Crippen LogP contribution in [0.2, 0.25) is 0 Å². The fourth-order valence-electron chi connectivity index (χ4n) is 3.71. The molecule has 33 heavy (non-hydrogen) atoms. The number of rotatable bonds is 9. The van der Waals surface area contributed by atoms with Crippen LogP contribution in [0.1, 0.15) is 6.42 Å². The van der Waals surface area contributed by atoms with E-state index < -0.39 is 11.8 Å². The van der Waals surface area contributed by atoms with Gasteiger partial charge < -0.3 is 29.7 Å². The highest BCUT2D eigenvalue weighted by Crippen LogP contribution is 2.29. The summed E-state index contributed by atoms with van der Waals surface area (Å²) < 4.78 is 15.6. The Hall–Kier alpha value is -3.46. The van der Waals surface area contributed by atoms with Crippen molar-refractivity contribution in [2.75, 3.05) is 70.8 Å². The summed E-state index contributed by atoms with van der Waals surface area (Å²) in [6.45, 7) is 5.13.